The summed E-state index contributed by atoms with van der Waals surface area (Å²) in [6, 6.07) is 28.8. The molecule has 0 aliphatic carbocycles. The summed E-state index contributed by atoms with van der Waals surface area (Å²) in [7, 11) is 0. The van der Waals surface area contributed by atoms with E-state index in [1.54, 1.807) is 79.7 Å². The third-order valence-corrected chi connectivity index (χ3v) is 19.6. The van der Waals surface area contributed by atoms with Gasteiger partial charge in [0.15, 0.2) is 0 Å². The zero-order valence-corrected chi connectivity index (χ0v) is 69.2. The van der Waals surface area contributed by atoms with E-state index >= 15 is 0 Å². The molecule has 0 bridgehead atoms. The summed E-state index contributed by atoms with van der Waals surface area (Å²) in [4.78, 5) is 127. The monoisotopic (exact) mass is 1490 g/mol. The Morgan fingerprint density at radius 2 is 0.745 bits per heavy atom. The first-order chi connectivity index (χ1) is 49.4. The van der Waals surface area contributed by atoms with Crippen molar-refractivity contribution in [2.75, 3.05) is 49.4 Å². The lowest BCUT2D eigenvalue weighted by Gasteiger charge is -2.22. The van der Waals surface area contributed by atoms with E-state index in [1.165, 1.54) is 41.0 Å². The number of carbonyl (C=O) groups is 11. The van der Waals surface area contributed by atoms with E-state index in [0.29, 0.717) is 49.3 Å². The highest BCUT2D eigenvalue weighted by Crippen LogP contribution is 2.32. The fourth-order valence-corrected chi connectivity index (χ4v) is 8.36. The molecule has 0 radical (unpaired) electrons. The van der Waals surface area contributed by atoms with Crippen LogP contribution in [0.5, 0.6) is 0 Å². The minimum atomic E-state index is -0.941. The SMILES string of the molecule is CC1C(=O)N(c2ccccc2)C(=O)C1C.CC1C(=O)N(c2ccccc2)C(=O)C1C.CCC(C)(C)C(=O)O.CCC(C)(C)C(=O)OCCO.CCC(C)(C)C(=O)OCCOC(=O)CCCC(=O)O.CCC(C)c1ccccc1.CCCCC(CC)COC(=O)C(C)(C)CC.CCCCOC(=O)C(C)(C)CC. The van der Waals surface area contributed by atoms with Gasteiger partial charge in [-0.05, 0) is 169 Å². The molecule has 2 aliphatic rings. The molecule has 0 spiro atoms. The number of rotatable bonds is 32. The third-order valence-electron chi connectivity index (χ3n) is 19.6. The fourth-order valence-electron chi connectivity index (χ4n) is 8.36. The van der Waals surface area contributed by atoms with Crippen molar-refractivity contribution >= 4 is 76.8 Å². The molecule has 0 aromatic heterocycles. The molecule has 106 heavy (non-hydrogen) atoms. The number of para-hydroxylation sites is 2. The van der Waals surface area contributed by atoms with Gasteiger partial charge in [0, 0.05) is 36.5 Å². The highest BCUT2D eigenvalue weighted by Gasteiger charge is 2.44. The zero-order valence-electron chi connectivity index (χ0n) is 69.2. The second kappa shape index (κ2) is 53.9. The van der Waals surface area contributed by atoms with Crippen LogP contribution in [0.3, 0.4) is 0 Å². The zero-order chi connectivity index (χ0) is 82.2. The van der Waals surface area contributed by atoms with Crippen molar-refractivity contribution in [1.82, 2.24) is 0 Å². The van der Waals surface area contributed by atoms with Gasteiger partial charge >= 0.3 is 41.8 Å². The number of hydrogen-bond donors (Lipinski definition) is 3. The molecular formula is C85H138N2O19. The average Bonchev–Trinajstić information content (AvgIpc) is 1.65. The number of nitrogens with zero attached hydrogens (tertiary/aromatic N) is 2. The Morgan fingerprint density at radius 1 is 0.415 bits per heavy atom. The normalized spacial score (nSPS) is 15.9. The van der Waals surface area contributed by atoms with E-state index in [1.807, 2.05) is 113 Å². The minimum Gasteiger partial charge on any atom is -0.481 e. The molecule has 0 saturated carbocycles. The Bertz CT molecular complexity index is 2910. The molecule has 3 aromatic rings. The molecule has 21 heteroatoms. The molecule has 3 N–H and O–H groups in total. The number of ether oxygens (including phenoxy) is 5. The molecule has 2 aliphatic heterocycles. The summed E-state index contributed by atoms with van der Waals surface area (Å²) in [5.74, 6) is -2.82. The second-order valence-electron chi connectivity index (χ2n) is 30.0. The van der Waals surface area contributed by atoms with E-state index in [-0.39, 0.29) is 128 Å². The van der Waals surface area contributed by atoms with E-state index < -0.39 is 34.2 Å². The van der Waals surface area contributed by atoms with Crippen molar-refractivity contribution < 1.29 is 91.7 Å². The molecule has 3 aromatic carbocycles. The first kappa shape index (κ1) is 102. The van der Waals surface area contributed by atoms with Crippen LogP contribution in [0.1, 0.15) is 274 Å². The number of hydrogen-bond acceptors (Lipinski definition) is 17. The summed E-state index contributed by atoms with van der Waals surface area (Å²) >= 11 is 0. The number of imide groups is 2. The summed E-state index contributed by atoms with van der Waals surface area (Å²) in [5, 5.41) is 25.2. The van der Waals surface area contributed by atoms with E-state index in [4.69, 9.17) is 39.0 Å². The van der Waals surface area contributed by atoms with Crippen LogP contribution in [0.2, 0.25) is 0 Å². The number of unbranched alkanes of at least 4 members (excludes halogenated alkanes) is 2. The molecule has 602 valence electrons. The smallest absolute Gasteiger partial charge is 0.311 e. The second-order valence-corrected chi connectivity index (χ2v) is 30.0. The number of aliphatic carboxylic acids is 2. The van der Waals surface area contributed by atoms with Gasteiger partial charge in [0.2, 0.25) is 23.6 Å². The van der Waals surface area contributed by atoms with Gasteiger partial charge in [-0.3, -0.25) is 62.5 Å². The van der Waals surface area contributed by atoms with Gasteiger partial charge in [0.05, 0.1) is 58.3 Å². The predicted molar refractivity (Wildman–Crippen MR) is 419 cm³/mol. The first-order valence-corrected chi connectivity index (χ1v) is 38.3. The third kappa shape index (κ3) is 39.7. The van der Waals surface area contributed by atoms with Crippen LogP contribution in [-0.4, -0.2) is 120 Å². The average molecular weight is 1490 g/mol. The molecule has 4 amide bonds. The molecule has 6 atom stereocenters. The maximum absolute atomic E-state index is 11.8. The van der Waals surface area contributed by atoms with Crippen molar-refractivity contribution in [3.63, 3.8) is 0 Å². The van der Waals surface area contributed by atoms with Crippen molar-refractivity contribution in [1.29, 1.82) is 0 Å². The number of aliphatic hydroxyl groups excluding tert-OH is 1. The van der Waals surface area contributed by atoms with Crippen LogP contribution >= 0.6 is 0 Å². The Hall–Kier alpha value is -7.81. The Balaban J connectivity index is -0.00000116. The minimum absolute atomic E-state index is 0.00254. The van der Waals surface area contributed by atoms with Crippen molar-refractivity contribution in [2.45, 2.75) is 268 Å². The van der Waals surface area contributed by atoms with Gasteiger partial charge < -0.3 is 39.0 Å². The molecular weight excluding hydrogens is 1350 g/mol. The lowest BCUT2D eigenvalue weighted by Crippen LogP contribution is -2.30. The summed E-state index contributed by atoms with van der Waals surface area (Å²) in [6.07, 6.45) is 12.0. The number of carboxylic acid groups (broad SMARTS) is 2. The van der Waals surface area contributed by atoms with Crippen LogP contribution < -0.4 is 9.80 Å². The highest BCUT2D eigenvalue weighted by molar-refractivity contribution is 6.22. The lowest BCUT2D eigenvalue weighted by atomic mass is 9.90. The number of anilines is 2. The van der Waals surface area contributed by atoms with Gasteiger partial charge in [-0.15, -0.1) is 0 Å². The summed E-state index contributed by atoms with van der Waals surface area (Å²) in [6.45, 7) is 47.4. The number of amides is 4. The number of carbonyl (C=O) groups excluding carboxylic acids is 9. The van der Waals surface area contributed by atoms with Crippen LogP contribution in [0.15, 0.2) is 91.0 Å². The topological polar surface area (TPSA) is 301 Å². The van der Waals surface area contributed by atoms with E-state index in [9.17, 15) is 52.7 Å². The van der Waals surface area contributed by atoms with Gasteiger partial charge in [0.25, 0.3) is 0 Å². The van der Waals surface area contributed by atoms with Crippen LogP contribution in [0.4, 0.5) is 11.4 Å². The van der Waals surface area contributed by atoms with Gasteiger partial charge in [-0.25, -0.2) is 0 Å². The molecule has 2 heterocycles. The Labute approximate surface area is 636 Å². The maximum Gasteiger partial charge on any atom is 0.311 e. The van der Waals surface area contributed by atoms with Crippen LogP contribution in [0.25, 0.3) is 0 Å². The lowest BCUT2D eigenvalue weighted by molar-refractivity contribution is -0.159. The van der Waals surface area contributed by atoms with Crippen molar-refractivity contribution in [2.24, 2.45) is 56.7 Å². The van der Waals surface area contributed by atoms with Gasteiger partial charge in [-0.1, -0.05) is 189 Å². The number of carboxylic acids is 2. The largest absolute Gasteiger partial charge is 0.481 e. The maximum atomic E-state index is 11.8. The Morgan fingerprint density at radius 3 is 1.05 bits per heavy atom. The molecule has 5 rings (SSSR count). The standard InChI is InChI=1S/C14H28O2.C13H22O6.2C12H13NO2.C10H20O2.C10H14.C8H16O3.C6H12O2/c1-6-9-10-12(7-2)11-16-13(15)14(4,5)8-3;1-4-13(2,3)12(17)19-9-8-18-11(16)7-5-6-10(14)15;2*1-8-9(2)12(15)13(11(8)14)10-6-4-3-5-7-10;1-5-7-8-12-9(11)10(3,4)6-2;1-3-9(2)10-7-5-4-6-8-10;1-4-8(2,3)7(10)11-6-5-9;1-4-6(2,3)5(7)8/h12H,6-11H2,1-5H3;4-9H2,1-3H3,(H,14,15);2*3-9H,1-2H3;5-8H2,1-4H3;4-9H,3H2,1-2H3;9H,4-6H2,1-3H3;4H2,1-3H3,(H,7,8). The first-order valence-electron chi connectivity index (χ1n) is 38.3. The number of aliphatic hydroxyl groups is 1. The highest BCUT2D eigenvalue weighted by atomic mass is 16.6. The Kier molecular flexibility index (Phi) is 52.0. The molecule has 2 fully saturated rings. The van der Waals surface area contributed by atoms with Gasteiger partial charge in [-0.2, -0.15) is 0 Å². The van der Waals surface area contributed by atoms with Crippen LogP contribution in [-0.2, 0) is 76.4 Å². The van der Waals surface area contributed by atoms with Crippen LogP contribution in [0, 0.1) is 56.7 Å². The van der Waals surface area contributed by atoms with Crippen molar-refractivity contribution in [3.05, 3.63) is 96.6 Å². The van der Waals surface area contributed by atoms with Gasteiger partial charge in [0.1, 0.15) is 19.8 Å². The van der Waals surface area contributed by atoms with E-state index in [2.05, 4.69) is 65.0 Å². The summed E-state index contributed by atoms with van der Waals surface area (Å²) < 4.78 is 25.1. The molecule has 6 unspecified atom stereocenters. The quantitative estimate of drug-likeness (QED) is 0.0226. The fraction of sp³-hybridized carbons (Fsp3) is 0.659. The number of esters is 5. The molecule has 21 nitrogen and oxygen atoms in total. The molecule has 2 saturated heterocycles. The number of benzene rings is 3. The summed E-state index contributed by atoms with van der Waals surface area (Å²) in [5.41, 5.74) is 0.648. The predicted octanol–water partition coefficient (Wildman–Crippen LogP) is 18.0. The van der Waals surface area contributed by atoms with E-state index in [0.717, 1.165) is 38.5 Å². The van der Waals surface area contributed by atoms with Crippen molar-refractivity contribution in [3.8, 4) is 0 Å².